The van der Waals surface area contributed by atoms with Crippen LogP contribution in [0.5, 0.6) is 6.01 Å². The third-order valence-corrected chi connectivity index (χ3v) is 6.97. The number of aromatic nitrogens is 4. The van der Waals surface area contributed by atoms with Gasteiger partial charge in [0.2, 0.25) is 0 Å². The molecule has 10 heteroatoms. The van der Waals surface area contributed by atoms with Gasteiger partial charge in [0.25, 0.3) is 0 Å². The van der Waals surface area contributed by atoms with Crippen molar-refractivity contribution in [1.29, 1.82) is 0 Å². The molecule has 2 aliphatic rings. The van der Waals surface area contributed by atoms with Gasteiger partial charge in [-0.2, -0.15) is 9.97 Å². The average molecular weight is 438 g/mol. The summed E-state index contributed by atoms with van der Waals surface area (Å²) in [7, 11) is 1.49. The van der Waals surface area contributed by atoms with Crippen molar-refractivity contribution in [3.8, 4) is 17.3 Å². The summed E-state index contributed by atoms with van der Waals surface area (Å²) in [5.74, 6) is 0.533. The summed E-state index contributed by atoms with van der Waals surface area (Å²) in [6.45, 7) is 1.63. The van der Waals surface area contributed by atoms with E-state index >= 15 is 4.39 Å². The molecule has 0 aromatic carbocycles. The first-order valence-electron chi connectivity index (χ1n) is 10.2. The fourth-order valence-electron chi connectivity index (χ4n) is 4.61. The van der Waals surface area contributed by atoms with Crippen molar-refractivity contribution >= 4 is 44.1 Å². The number of halogens is 1. The van der Waals surface area contributed by atoms with Crippen LogP contribution in [0.4, 0.5) is 16.0 Å². The Labute approximate surface area is 181 Å². The van der Waals surface area contributed by atoms with Gasteiger partial charge in [0, 0.05) is 42.3 Å². The molecule has 0 aliphatic carbocycles. The highest BCUT2D eigenvalue weighted by atomic mass is 32.1. The van der Waals surface area contributed by atoms with Crippen molar-refractivity contribution in [3.05, 3.63) is 29.5 Å². The van der Waals surface area contributed by atoms with Crippen LogP contribution < -0.4 is 20.7 Å². The molecule has 2 bridgehead atoms. The van der Waals surface area contributed by atoms with Gasteiger partial charge in [0.1, 0.15) is 22.8 Å². The third-order valence-electron chi connectivity index (χ3n) is 6.04. The molecule has 2 saturated heterocycles. The first-order chi connectivity index (χ1) is 15.1. The maximum absolute atomic E-state index is 15.8. The molecule has 4 aromatic rings. The van der Waals surface area contributed by atoms with Crippen LogP contribution in [0.2, 0.25) is 0 Å². The van der Waals surface area contributed by atoms with E-state index < -0.39 is 5.82 Å². The normalized spacial score (nSPS) is 20.6. The zero-order valence-corrected chi connectivity index (χ0v) is 17.6. The molecule has 8 nitrogen and oxygen atoms in total. The standard InChI is InChI=1S/C21H20FN7OS/c1-30-21-27-19-12(20(28-21)29-7-10-2-3-11(8-29)25-10)6-24-18(16(19)22)13-9-31-14-4-5-15(23)26-17(13)14/h4-6,9-11,25H,2-3,7-8H2,1H3,(H2,23,26). The second kappa shape index (κ2) is 6.96. The molecule has 0 saturated carbocycles. The lowest BCUT2D eigenvalue weighted by molar-refractivity contribution is 0.380. The van der Waals surface area contributed by atoms with E-state index in [1.807, 2.05) is 11.4 Å². The molecular formula is C21H20FN7OS. The summed E-state index contributed by atoms with van der Waals surface area (Å²) in [6, 6.07) is 4.59. The van der Waals surface area contributed by atoms with E-state index in [1.54, 1.807) is 12.3 Å². The Bertz CT molecular complexity index is 1310. The number of rotatable bonds is 3. The Hall–Kier alpha value is -3.11. The first kappa shape index (κ1) is 18.6. The Kier molecular flexibility index (Phi) is 4.19. The summed E-state index contributed by atoms with van der Waals surface area (Å²) in [5, 5.41) is 6.03. The van der Waals surface area contributed by atoms with Gasteiger partial charge in [-0.15, -0.1) is 11.3 Å². The number of pyridine rings is 2. The molecule has 2 unspecified atom stereocenters. The van der Waals surface area contributed by atoms with E-state index in [-0.39, 0.29) is 17.2 Å². The summed E-state index contributed by atoms with van der Waals surface area (Å²) < 4.78 is 22.0. The van der Waals surface area contributed by atoms with Crippen molar-refractivity contribution < 1.29 is 9.13 Å². The summed E-state index contributed by atoms with van der Waals surface area (Å²) in [4.78, 5) is 20.0. The lowest BCUT2D eigenvalue weighted by Gasteiger charge is -2.34. The molecule has 0 amide bonds. The Morgan fingerprint density at radius 1 is 1.16 bits per heavy atom. The molecule has 0 radical (unpaired) electrons. The highest BCUT2D eigenvalue weighted by molar-refractivity contribution is 7.17. The Balaban J connectivity index is 1.53. The zero-order valence-electron chi connectivity index (χ0n) is 16.8. The smallest absolute Gasteiger partial charge is 0.318 e. The minimum atomic E-state index is -0.513. The number of anilines is 2. The van der Waals surface area contributed by atoms with Gasteiger partial charge in [0.15, 0.2) is 5.82 Å². The van der Waals surface area contributed by atoms with Crippen LogP contribution in [0.25, 0.3) is 32.4 Å². The van der Waals surface area contributed by atoms with Crippen molar-refractivity contribution in [1.82, 2.24) is 25.3 Å². The molecule has 2 fully saturated rings. The number of nitrogen functional groups attached to an aromatic ring is 1. The molecule has 4 aromatic heterocycles. The monoisotopic (exact) mass is 437 g/mol. The van der Waals surface area contributed by atoms with Crippen molar-refractivity contribution in [2.45, 2.75) is 24.9 Å². The minimum Gasteiger partial charge on any atom is -0.467 e. The van der Waals surface area contributed by atoms with Crippen molar-refractivity contribution in [2.24, 2.45) is 0 Å². The molecule has 2 atom stereocenters. The van der Waals surface area contributed by atoms with Gasteiger partial charge in [-0.25, -0.2) is 9.37 Å². The molecule has 6 heterocycles. The van der Waals surface area contributed by atoms with Crippen LogP contribution in [-0.4, -0.2) is 52.2 Å². The van der Waals surface area contributed by atoms with Crippen LogP contribution >= 0.6 is 11.3 Å². The van der Waals surface area contributed by atoms with Gasteiger partial charge in [-0.05, 0) is 25.0 Å². The summed E-state index contributed by atoms with van der Waals surface area (Å²) in [6.07, 6.45) is 3.93. The summed E-state index contributed by atoms with van der Waals surface area (Å²) >= 11 is 1.48. The number of hydrogen-bond donors (Lipinski definition) is 2. The second-order valence-corrected chi connectivity index (χ2v) is 8.90. The maximum atomic E-state index is 15.8. The maximum Gasteiger partial charge on any atom is 0.318 e. The number of fused-ring (bicyclic) bond motifs is 4. The molecule has 0 spiro atoms. The fraction of sp³-hybridized carbons (Fsp3) is 0.333. The minimum absolute atomic E-state index is 0.141. The van der Waals surface area contributed by atoms with Gasteiger partial charge in [-0.3, -0.25) is 4.98 Å². The number of hydrogen-bond acceptors (Lipinski definition) is 9. The highest BCUT2D eigenvalue weighted by Gasteiger charge is 2.34. The predicted molar refractivity (Wildman–Crippen MR) is 119 cm³/mol. The number of nitrogens with two attached hydrogens (primary N) is 1. The molecular weight excluding hydrogens is 417 g/mol. The van der Waals surface area contributed by atoms with Crippen molar-refractivity contribution in [2.75, 3.05) is 30.8 Å². The van der Waals surface area contributed by atoms with E-state index in [2.05, 4.69) is 30.2 Å². The fourth-order valence-corrected chi connectivity index (χ4v) is 5.49. The second-order valence-electron chi connectivity index (χ2n) is 7.99. The SMILES string of the molecule is COc1nc(N2CC3CCC(C2)N3)c2cnc(-c3csc4ccc(N)nc34)c(F)c2n1. The molecule has 2 aliphatic heterocycles. The van der Waals surface area contributed by atoms with E-state index in [0.717, 1.165) is 30.6 Å². The van der Waals surface area contributed by atoms with Gasteiger partial charge in [0.05, 0.1) is 22.7 Å². The zero-order chi connectivity index (χ0) is 21.1. The predicted octanol–water partition coefficient (Wildman–Crippen LogP) is 2.97. The van der Waals surface area contributed by atoms with Gasteiger partial charge in [-0.1, -0.05) is 0 Å². The van der Waals surface area contributed by atoms with Crippen LogP contribution in [0.15, 0.2) is 23.7 Å². The topological polar surface area (TPSA) is 102 Å². The van der Waals surface area contributed by atoms with Crippen molar-refractivity contribution in [3.63, 3.8) is 0 Å². The van der Waals surface area contributed by atoms with Crippen LogP contribution in [-0.2, 0) is 0 Å². The number of ether oxygens (including phenoxy) is 1. The van der Waals surface area contributed by atoms with Gasteiger partial charge < -0.3 is 20.7 Å². The lowest BCUT2D eigenvalue weighted by atomic mass is 10.1. The van der Waals surface area contributed by atoms with Crippen LogP contribution in [0, 0.1) is 5.82 Å². The average Bonchev–Trinajstić information content (AvgIpc) is 3.35. The molecule has 3 N–H and O–H groups in total. The number of nitrogens with zero attached hydrogens (tertiary/aromatic N) is 5. The quantitative estimate of drug-likeness (QED) is 0.504. The highest BCUT2D eigenvalue weighted by Crippen LogP contribution is 2.37. The van der Waals surface area contributed by atoms with E-state index in [4.69, 9.17) is 10.5 Å². The van der Waals surface area contributed by atoms with Gasteiger partial charge >= 0.3 is 6.01 Å². The number of nitrogens with one attached hydrogen (secondary N) is 1. The van der Waals surface area contributed by atoms with E-state index in [9.17, 15) is 0 Å². The van der Waals surface area contributed by atoms with Crippen LogP contribution in [0.1, 0.15) is 12.8 Å². The molecule has 6 rings (SSSR count). The van der Waals surface area contributed by atoms with E-state index in [0.29, 0.717) is 40.2 Å². The Morgan fingerprint density at radius 2 is 1.97 bits per heavy atom. The largest absolute Gasteiger partial charge is 0.467 e. The molecule has 31 heavy (non-hydrogen) atoms. The lowest BCUT2D eigenvalue weighted by Crippen LogP contribution is -2.51. The van der Waals surface area contributed by atoms with Crippen LogP contribution in [0.3, 0.4) is 0 Å². The number of piperazine rings is 1. The third kappa shape index (κ3) is 2.97. The van der Waals surface area contributed by atoms with E-state index in [1.165, 1.54) is 18.4 Å². The summed E-state index contributed by atoms with van der Waals surface area (Å²) in [5.41, 5.74) is 7.49. The molecule has 158 valence electrons. The first-order valence-corrected chi connectivity index (χ1v) is 11.0. The Morgan fingerprint density at radius 3 is 2.74 bits per heavy atom. The number of methoxy groups -OCH3 is 1. The number of thiophene rings is 1.